The normalized spacial score (nSPS) is 19.8. The number of carbonyl (C=O) groups excluding carboxylic acids is 2. The molecule has 1 heterocycles. The molecule has 11 nitrogen and oxygen atoms in total. The van der Waals surface area contributed by atoms with Gasteiger partial charge in [-0.1, -0.05) is 0 Å². The number of nitro groups is 1. The molecule has 1 aliphatic carbocycles. The molecular weight excluding hydrogens is 478 g/mol. The van der Waals surface area contributed by atoms with Crippen molar-refractivity contribution in [2.45, 2.75) is 37.8 Å². The fraction of sp³-hybridized carbons (Fsp3) is 0.462. The van der Waals surface area contributed by atoms with E-state index in [0.29, 0.717) is 48.9 Å². The number of rotatable bonds is 7. The third-order valence-corrected chi connectivity index (χ3v) is 7.08. The molecule has 11 heteroatoms. The standard InChI is InChI=1S/C26H33N5O6/c1-36-23-10-4-18(16-24(23)37-2)26(33)30-13-11-29(12-14-30)21-9-3-17(15-22(21)31(34)35)25(32)28-20-7-5-19(27)6-8-20/h3-4,9-10,15-16,19-20H,5-8,11-14,27H2,1-2H3,(H,28,32). The van der Waals surface area contributed by atoms with Crippen molar-refractivity contribution in [1.29, 1.82) is 0 Å². The molecular formula is C26H33N5O6. The molecule has 0 unspecified atom stereocenters. The number of nitrogens with zero attached hydrogens (tertiary/aromatic N) is 3. The molecule has 2 aromatic rings. The fourth-order valence-corrected chi connectivity index (χ4v) is 4.91. The van der Waals surface area contributed by atoms with Crippen molar-refractivity contribution in [3.63, 3.8) is 0 Å². The summed E-state index contributed by atoms with van der Waals surface area (Å²) < 4.78 is 10.5. The monoisotopic (exact) mass is 511 g/mol. The highest BCUT2D eigenvalue weighted by Crippen LogP contribution is 2.31. The third kappa shape index (κ3) is 5.93. The number of anilines is 1. The molecule has 2 fully saturated rings. The van der Waals surface area contributed by atoms with Gasteiger partial charge in [-0.3, -0.25) is 19.7 Å². The largest absolute Gasteiger partial charge is 0.493 e. The Kier molecular flexibility index (Phi) is 8.12. The van der Waals surface area contributed by atoms with Crippen LogP contribution in [0.15, 0.2) is 36.4 Å². The van der Waals surface area contributed by atoms with Crippen LogP contribution < -0.4 is 25.4 Å². The lowest BCUT2D eigenvalue weighted by atomic mass is 9.91. The number of hydrogen-bond acceptors (Lipinski definition) is 8. The van der Waals surface area contributed by atoms with E-state index >= 15 is 0 Å². The van der Waals surface area contributed by atoms with Crippen molar-refractivity contribution < 1.29 is 24.0 Å². The van der Waals surface area contributed by atoms with Gasteiger partial charge in [-0.15, -0.1) is 0 Å². The van der Waals surface area contributed by atoms with Gasteiger partial charge in [-0.05, 0) is 56.0 Å². The molecule has 2 aromatic carbocycles. The van der Waals surface area contributed by atoms with Crippen molar-refractivity contribution in [2.24, 2.45) is 5.73 Å². The minimum absolute atomic E-state index is 0.0299. The average molecular weight is 512 g/mol. The van der Waals surface area contributed by atoms with E-state index in [4.69, 9.17) is 15.2 Å². The van der Waals surface area contributed by atoms with Crippen LogP contribution >= 0.6 is 0 Å². The summed E-state index contributed by atoms with van der Waals surface area (Å²) in [5.74, 6) is 0.543. The first-order chi connectivity index (χ1) is 17.8. The zero-order valence-corrected chi connectivity index (χ0v) is 21.1. The summed E-state index contributed by atoms with van der Waals surface area (Å²) >= 11 is 0. The first kappa shape index (κ1) is 26.2. The Morgan fingerprint density at radius 1 is 0.946 bits per heavy atom. The number of nitro benzene ring substituents is 1. The summed E-state index contributed by atoms with van der Waals surface area (Å²) in [7, 11) is 3.04. The predicted octanol–water partition coefficient (Wildman–Crippen LogP) is 2.57. The van der Waals surface area contributed by atoms with E-state index in [0.717, 1.165) is 25.7 Å². The van der Waals surface area contributed by atoms with Crippen LogP contribution in [0.2, 0.25) is 0 Å². The number of carbonyl (C=O) groups is 2. The summed E-state index contributed by atoms with van der Waals surface area (Å²) in [5.41, 5.74) is 6.98. The molecule has 37 heavy (non-hydrogen) atoms. The van der Waals surface area contributed by atoms with Gasteiger partial charge in [0.1, 0.15) is 5.69 Å². The maximum absolute atomic E-state index is 13.0. The molecule has 0 aromatic heterocycles. The number of benzene rings is 2. The number of ether oxygens (including phenoxy) is 2. The Bertz CT molecular complexity index is 1160. The zero-order valence-electron chi connectivity index (χ0n) is 21.1. The molecule has 1 aliphatic heterocycles. The van der Waals surface area contributed by atoms with Crippen LogP contribution in [0.1, 0.15) is 46.4 Å². The smallest absolute Gasteiger partial charge is 0.293 e. The summed E-state index contributed by atoms with van der Waals surface area (Å²) in [6.45, 7) is 1.65. The van der Waals surface area contributed by atoms with Crippen molar-refractivity contribution in [3.05, 3.63) is 57.6 Å². The lowest BCUT2D eigenvalue weighted by molar-refractivity contribution is -0.384. The SMILES string of the molecule is COc1ccc(C(=O)N2CCN(c3ccc(C(=O)NC4CCC(N)CC4)cc3[N+](=O)[O-])CC2)cc1OC. The molecule has 0 radical (unpaired) electrons. The maximum Gasteiger partial charge on any atom is 0.293 e. The molecule has 4 rings (SSSR count). The van der Waals surface area contributed by atoms with Gasteiger partial charge in [-0.2, -0.15) is 0 Å². The summed E-state index contributed by atoms with van der Waals surface area (Å²) in [5, 5.41) is 14.9. The van der Waals surface area contributed by atoms with Gasteiger partial charge in [0, 0.05) is 55.5 Å². The van der Waals surface area contributed by atoms with Gasteiger partial charge < -0.3 is 30.3 Å². The minimum Gasteiger partial charge on any atom is -0.493 e. The van der Waals surface area contributed by atoms with Crippen molar-refractivity contribution in [3.8, 4) is 11.5 Å². The van der Waals surface area contributed by atoms with Crippen LogP contribution in [0.25, 0.3) is 0 Å². The Morgan fingerprint density at radius 3 is 2.22 bits per heavy atom. The van der Waals surface area contributed by atoms with Crippen LogP contribution in [0.5, 0.6) is 11.5 Å². The van der Waals surface area contributed by atoms with Gasteiger partial charge in [0.05, 0.1) is 19.1 Å². The van der Waals surface area contributed by atoms with Gasteiger partial charge in [0.25, 0.3) is 17.5 Å². The molecule has 0 atom stereocenters. The molecule has 2 aliphatic rings. The first-order valence-electron chi connectivity index (χ1n) is 12.4. The predicted molar refractivity (Wildman–Crippen MR) is 138 cm³/mol. The average Bonchev–Trinajstić information content (AvgIpc) is 2.93. The number of nitrogens with two attached hydrogens (primary N) is 1. The Hall–Kier alpha value is -3.86. The molecule has 1 saturated carbocycles. The number of piperazine rings is 1. The van der Waals surface area contributed by atoms with Crippen LogP contribution in [0.3, 0.4) is 0 Å². The maximum atomic E-state index is 13.0. The molecule has 0 spiro atoms. The number of methoxy groups -OCH3 is 2. The van der Waals surface area contributed by atoms with Crippen LogP contribution in [0.4, 0.5) is 11.4 Å². The molecule has 0 bridgehead atoms. The minimum atomic E-state index is -0.465. The first-order valence-corrected chi connectivity index (χ1v) is 12.4. The number of nitrogens with one attached hydrogen (secondary N) is 1. The van der Waals surface area contributed by atoms with E-state index in [-0.39, 0.29) is 35.1 Å². The molecule has 3 N–H and O–H groups in total. The van der Waals surface area contributed by atoms with E-state index in [2.05, 4.69) is 5.32 Å². The summed E-state index contributed by atoms with van der Waals surface area (Å²) in [6.07, 6.45) is 3.31. The lowest BCUT2D eigenvalue weighted by Gasteiger charge is -2.36. The van der Waals surface area contributed by atoms with Gasteiger partial charge >= 0.3 is 0 Å². The van der Waals surface area contributed by atoms with Crippen LogP contribution in [-0.2, 0) is 0 Å². The number of hydrogen-bond donors (Lipinski definition) is 2. The summed E-state index contributed by atoms with van der Waals surface area (Å²) in [6, 6.07) is 9.79. The van der Waals surface area contributed by atoms with E-state index in [1.165, 1.54) is 20.3 Å². The van der Waals surface area contributed by atoms with Crippen LogP contribution in [-0.4, -0.2) is 74.1 Å². The Labute approximate surface area is 215 Å². The van der Waals surface area contributed by atoms with E-state index in [1.54, 1.807) is 35.2 Å². The third-order valence-electron chi connectivity index (χ3n) is 7.08. The van der Waals surface area contributed by atoms with E-state index in [1.807, 2.05) is 4.90 Å². The van der Waals surface area contributed by atoms with Crippen molar-refractivity contribution >= 4 is 23.2 Å². The van der Waals surface area contributed by atoms with Crippen molar-refractivity contribution in [2.75, 3.05) is 45.3 Å². The molecule has 198 valence electrons. The highest BCUT2D eigenvalue weighted by atomic mass is 16.6. The Morgan fingerprint density at radius 2 is 1.59 bits per heavy atom. The van der Waals surface area contributed by atoms with Gasteiger partial charge in [0.15, 0.2) is 11.5 Å². The Balaban J connectivity index is 1.42. The molecule has 2 amide bonds. The van der Waals surface area contributed by atoms with Gasteiger partial charge in [0.2, 0.25) is 0 Å². The number of amides is 2. The quantitative estimate of drug-likeness (QED) is 0.427. The second-order valence-electron chi connectivity index (χ2n) is 9.39. The zero-order chi connectivity index (χ0) is 26.5. The highest BCUT2D eigenvalue weighted by Gasteiger charge is 2.28. The van der Waals surface area contributed by atoms with Gasteiger partial charge in [-0.25, -0.2) is 0 Å². The molecule has 1 saturated heterocycles. The van der Waals surface area contributed by atoms with Crippen LogP contribution in [0, 0.1) is 10.1 Å². The highest BCUT2D eigenvalue weighted by molar-refractivity contribution is 5.96. The fourth-order valence-electron chi connectivity index (χ4n) is 4.91. The van der Waals surface area contributed by atoms with Crippen molar-refractivity contribution in [1.82, 2.24) is 10.2 Å². The lowest BCUT2D eigenvalue weighted by Crippen LogP contribution is -2.49. The van der Waals surface area contributed by atoms with E-state index in [9.17, 15) is 19.7 Å². The second-order valence-corrected chi connectivity index (χ2v) is 9.39. The second kappa shape index (κ2) is 11.5. The summed E-state index contributed by atoms with van der Waals surface area (Å²) in [4.78, 5) is 40.8. The topological polar surface area (TPSA) is 140 Å². The van der Waals surface area contributed by atoms with E-state index < -0.39 is 4.92 Å².